The summed E-state index contributed by atoms with van der Waals surface area (Å²) < 4.78 is 5.37. The van der Waals surface area contributed by atoms with E-state index < -0.39 is 5.97 Å². The van der Waals surface area contributed by atoms with Crippen LogP contribution in [-0.2, 0) is 16.1 Å². The second kappa shape index (κ2) is 6.13. The third-order valence-electron chi connectivity index (χ3n) is 3.01. The van der Waals surface area contributed by atoms with Gasteiger partial charge in [-0.2, -0.15) is 0 Å². The van der Waals surface area contributed by atoms with Crippen LogP contribution in [0.3, 0.4) is 0 Å². The second-order valence-corrected chi connectivity index (χ2v) is 5.61. The predicted molar refractivity (Wildman–Crippen MR) is 71.7 cm³/mol. The highest BCUT2D eigenvalue weighted by atomic mass is 32.1. The standard InChI is InChI=1S/C13H17NO3S/c1-14(10-6-7-17-9-10)8-12-3-2-11(18-12)4-5-13(15)16/h2-5,10H,6-9H2,1H3,(H,15,16)/b5-4+. The Labute approximate surface area is 110 Å². The van der Waals surface area contributed by atoms with Crippen molar-refractivity contribution in [2.75, 3.05) is 20.3 Å². The number of nitrogens with zero attached hydrogens (tertiary/aromatic N) is 1. The molecule has 1 aromatic heterocycles. The molecule has 4 nitrogen and oxygen atoms in total. The van der Waals surface area contributed by atoms with Gasteiger partial charge in [0.15, 0.2) is 0 Å². The Hall–Kier alpha value is -1.17. The highest BCUT2D eigenvalue weighted by Gasteiger charge is 2.20. The molecule has 1 aliphatic heterocycles. The molecule has 1 fully saturated rings. The molecule has 1 atom stereocenters. The third-order valence-corrected chi connectivity index (χ3v) is 4.04. The average Bonchev–Trinajstić information content (AvgIpc) is 2.97. The number of carbonyl (C=O) groups is 1. The summed E-state index contributed by atoms with van der Waals surface area (Å²) in [6.07, 6.45) is 3.90. The molecule has 1 unspecified atom stereocenters. The fourth-order valence-electron chi connectivity index (χ4n) is 1.97. The minimum absolute atomic E-state index is 0.505. The maximum atomic E-state index is 10.4. The minimum Gasteiger partial charge on any atom is -0.478 e. The van der Waals surface area contributed by atoms with Crippen molar-refractivity contribution >= 4 is 23.4 Å². The molecular weight excluding hydrogens is 250 g/mol. The number of aliphatic carboxylic acids is 1. The molecule has 5 heteroatoms. The molecule has 0 bridgehead atoms. The number of ether oxygens (including phenoxy) is 1. The van der Waals surface area contributed by atoms with E-state index >= 15 is 0 Å². The number of carboxylic acid groups (broad SMARTS) is 1. The summed E-state index contributed by atoms with van der Waals surface area (Å²) in [6, 6.07) is 4.52. The molecule has 2 heterocycles. The Morgan fingerprint density at radius 2 is 2.50 bits per heavy atom. The zero-order valence-corrected chi connectivity index (χ0v) is 11.2. The van der Waals surface area contributed by atoms with Gasteiger partial charge in [-0.05, 0) is 31.7 Å². The fraction of sp³-hybridized carbons (Fsp3) is 0.462. The van der Waals surface area contributed by atoms with Crippen LogP contribution in [0.1, 0.15) is 16.2 Å². The Kier molecular flexibility index (Phi) is 4.52. The van der Waals surface area contributed by atoms with E-state index in [0.29, 0.717) is 6.04 Å². The third kappa shape index (κ3) is 3.66. The summed E-state index contributed by atoms with van der Waals surface area (Å²) in [5.41, 5.74) is 0. The van der Waals surface area contributed by atoms with Crippen LogP contribution in [0.25, 0.3) is 6.08 Å². The van der Waals surface area contributed by atoms with E-state index in [1.54, 1.807) is 17.4 Å². The van der Waals surface area contributed by atoms with E-state index in [1.807, 2.05) is 6.07 Å². The molecule has 0 aromatic carbocycles. The van der Waals surface area contributed by atoms with Gasteiger partial charge in [-0.1, -0.05) is 0 Å². The molecule has 2 rings (SSSR count). The van der Waals surface area contributed by atoms with Crippen molar-refractivity contribution in [2.45, 2.75) is 19.0 Å². The Bertz CT molecular complexity index is 435. The summed E-state index contributed by atoms with van der Waals surface area (Å²) in [6.45, 7) is 2.55. The van der Waals surface area contributed by atoms with Crippen molar-refractivity contribution in [3.05, 3.63) is 28.0 Å². The minimum atomic E-state index is -0.912. The van der Waals surface area contributed by atoms with Crippen molar-refractivity contribution in [1.82, 2.24) is 4.90 Å². The van der Waals surface area contributed by atoms with Crippen LogP contribution >= 0.6 is 11.3 Å². The largest absolute Gasteiger partial charge is 0.478 e. The monoisotopic (exact) mass is 267 g/mol. The van der Waals surface area contributed by atoms with Gasteiger partial charge in [-0.25, -0.2) is 4.79 Å². The van der Waals surface area contributed by atoms with E-state index in [9.17, 15) is 4.79 Å². The van der Waals surface area contributed by atoms with Crippen LogP contribution < -0.4 is 0 Å². The number of rotatable bonds is 5. The van der Waals surface area contributed by atoms with Crippen molar-refractivity contribution in [3.63, 3.8) is 0 Å². The maximum Gasteiger partial charge on any atom is 0.328 e. The molecule has 1 aromatic rings. The van der Waals surface area contributed by atoms with Crippen LogP contribution in [0.2, 0.25) is 0 Å². The van der Waals surface area contributed by atoms with E-state index in [0.717, 1.165) is 31.1 Å². The fourth-order valence-corrected chi connectivity index (χ4v) is 2.95. The highest BCUT2D eigenvalue weighted by Crippen LogP contribution is 2.21. The van der Waals surface area contributed by atoms with Crippen molar-refractivity contribution in [2.24, 2.45) is 0 Å². The molecule has 0 saturated carbocycles. The number of carboxylic acids is 1. The topological polar surface area (TPSA) is 49.8 Å². The van der Waals surface area contributed by atoms with Gasteiger partial charge in [0.05, 0.1) is 6.61 Å². The van der Waals surface area contributed by atoms with Crippen LogP contribution in [-0.4, -0.2) is 42.3 Å². The molecule has 18 heavy (non-hydrogen) atoms. The van der Waals surface area contributed by atoms with Gasteiger partial charge in [-0.15, -0.1) is 11.3 Å². The number of hydrogen-bond acceptors (Lipinski definition) is 4. The first-order valence-corrected chi connectivity index (χ1v) is 6.74. The average molecular weight is 267 g/mol. The van der Waals surface area contributed by atoms with Crippen molar-refractivity contribution in [1.29, 1.82) is 0 Å². The van der Waals surface area contributed by atoms with Gasteiger partial charge in [0.25, 0.3) is 0 Å². The van der Waals surface area contributed by atoms with E-state index in [4.69, 9.17) is 9.84 Å². The maximum absolute atomic E-state index is 10.4. The first-order chi connectivity index (χ1) is 8.65. The van der Waals surface area contributed by atoms with Crippen LogP contribution in [0, 0.1) is 0 Å². The number of thiophene rings is 1. The van der Waals surface area contributed by atoms with Crippen LogP contribution in [0.4, 0.5) is 0 Å². The lowest BCUT2D eigenvalue weighted by atomic mass is 10.2. The van der Waals surface area contributed by atoms with Gasteiger partial charge >= 0.3 is 5.97 Å². The molecule has 1 saturated heterocycles. The van der Waals surface area contributed by atoms with Crippen molar-refractivity contribution in [3.8, 4) is 0 Å². The highest BCUT2D eigenvalue weighted by molar-refractivity contribution is 7.12. The summed E-state index contributed by atoms with van der Waals surface area (Å²) >= 11 is 1.63. The molecule has 0 amide bonds. The molecule has 1 N–H and O–H groups in total. The lowest BCUT2D eigenvalue weighted by molar-refractivity contribution is -0.131. The van der Waals surface area contributed by atoms with Crippen molar-refractivity contribution < 1.29 is 14.6 Å². The van der Waals surface area contributed by atoms with Gasteiger partial charge in [0.1, 0.15) is 0 Å². The smallest absolute Gasteiger partial charge is 0.328 e. The molecular formula is C13H17NO3S. The quantitative estimate of drug-likeness (QED) is 0.830. The molecule has 0 spiro atoms. The van der Waals surface area contributed by atoms with E-state index in [-0.39, 0.29) is 0 Å². The lowest BCUT2D eigenvalue weighted by Crippen LogP contribution is -2.30. The Morgan fingerprint density at radius 1 is 1.67 bits per heavy atom. The van der Waals surface area contributed by atoms with Gasteiger partial charge in [-0.3, -0.25) is 4.90 Å². The number of likely N-dealkylation sites (N-methyl/N-ethyl adjacent to an activating group) is 1. The van der Waals surface area contributed by atoms with Gasteiger partial charge in [0, 0.05) is 35.0 Å². The molecule has 0 aliphatic carbocycles. The molecule has 1 aliphatic rings. The SMILES string of the molecule is CN(Cc1ccc(/C=C/C(=O)O)s1)C1CCOC1. The Morgan fingerprint density at radius 3 is 3.17 bits per heavy atom. The summed E-state index contributed by atoms with van der Waals surface area (Å²) in [4.78, 5) is 14.9. The van der Waals surface area contributed by atoms with Gasteiger partial charge in [0.2, 0.25) is 0 Å². The summed E-state index contributed by atoms with van der Waals surface area (Å²) in [7, 11) is 2.10. The lowest BCUT2D eigenvalue weighted by Gasteiger charge is -2.21. The molecule has 0 radical (unpaired) electrons. The Balaban J connectivity index is 1.91. The second-order valence-electron chi connectivity index (χ2n) is 4.41. The van der Waals surface area contributed by atoms with E-state index in [1.165, 1.54) is 11.0 Å². The zero-order chi connectivity index (χ0) is 13.0. The van der Waals surface area contributed by atoms with E-state index in [2.05, 4.69) is 18.0 Å². The van der Waals surface area contributed by atoms with Crippen LogP contribution in [0.5, 0.6) is 0 Å². The summed E-state index contributed by atoms with van der Waals surface area (Å²) in [5.74, 6) is -0.912. The normalized spacial score (nSPS) is 20.0. The van der Waals surface area contributed by atoms with Gasteiger partial charge < -0.3 is 9.84 Å². The zero-order valence-electron chi connectivity index (χ0n) is 10.3. The summed E-state index contributed by atoms with van der Waals surface area (Å²) in [5, 5.41) is 8.57. The first kappa shape index (κ1) is 13.3. The number of hydrogen-bond donors (Lipinski definition) is 1. The first-order valence-electron chi connectivity index (χ1n) is 5.93. The molecule has 98 valence electrons. The predicted octanol–water partition coefficient (Wildman–Crippen LogP) is 2.07. The van der Waals surface area contributed by atoms with Crippen LogP contribution in [0.15, 0.2) is 18.2 Å².